The predicted molar refractivity (Wildman–Crippen MR) is 81.6 cm³/mol. The summed E-state index contributed by atoms with van der Waals surface area (Å²) in [6.07, 6.45) is 0.988. The van der Waals surface area contributed by atoms with Crippen molar-refractivity contribution >= 4 is 17.6 Å². The first-order chi connectivity index (χ1) is 10.2. The third kappa shape index (κ3) is 3.86. The van der Waals surface area contributed by atoms with Crippen molar-refractivity contribution in [1.29, 1.82) is 0 Å². The van der Waals surface area contributed by atoms with Crippen LogP contribution in [0.3, 0.4) is 0 Å². The minimum Gasteiger partial charge on any atom is -0.463 e. The molecular weight excluding hydrogens is 290 g/mol. The van der Waals surface area contributed by atoms with Crippen LogP contribution in [0.15, 0.2) is 40.8 Å². The van der Waals surface area contributed by atoms with Gasteiger partial charge in [-0.05, 0) is 42.8 Å². The molecule has 2 rings (SSSR count). The first kappa shape index (κ1) is 15.6. The number of furan rings is 1. The van der Waals surface area contributed by atoms with Crippen LogP contribution in [0.5, 0.6) is 0 Å². The van der Waals surface area contributed by atoms with Gasteiger partial charge in [-0.25, -0.2) is 4.79 Å². The van der Waals surface area contributed by atoms with Gasteiger partial charge in [0.05, 0.1) is 13.2 Å². The standard InChI is InChI=1S/C16H18ClNO3/c1-3-9-18-15(11-5-4-6-12(17)10-11)13-7-8-14(21-13)16(19)20-2/h4-8,10,15,18H,3,9H2,1-2H3. The molecule has 5 heteroatoms. The molecule has 0 spiro atoms. The first-order valence-electron chi connectivity index (χ1n) is 6.82. The SMILES string of the molecule is CCCNC(c1cccc(Cl)c1)c1ccc(C(=O)OC)o1. The highest BCUT2D eigenvalue weighted by Crippen LogP contribution is 2.26. The highest BCUT2D eigenvalue weighted by molar-refractivity contribution is 6.30. The van der Waals surface area contributed by atoms with Gasteiger partial charge in [0.1, 0.15) is 5.76 Å². The van der Waals surface area contributed by atoms with Crippen molar-refractivity contribution in [1.82, 2.24) is 5.32 Å². The molecule has 112 valence electrons. The predicted octanol–water partition coefficient (Wildman–Crippen LogP) is 3.81. The molecule has 1 N–H and O–H groups in total. The Kier molecular flexibility index (Phi) is 5.42. The van der Waals surface area contributed by atoms with Crippen molar-refractivity contribution in [2.75, 3.05) is 13.7 Å². The number of halogens is 1. The van der Waals surface area contributed by atoms with Crippen LogP contribution in [-0.2, 0) is 4.74 Å². The molecular formula is C16H18ClNO3. The molecule has 0 aliphatic rings. The van der Waals surface area contributed by atoms with Crippen LogP contribution < -0.4 is 5.32 Å². The number of carbonyl (C=O) groups is 1. The summed E-state index contributed by atoms with van der Waals surface area (Å²) in [5.41, 5.74) is 0.988. The molecule has 0 saturated heterocycles. The zero-order chi connectivity index (χ0) is 15.2. The molecule has 0 aliphatic heterocycles. The van der Waals surface area contributed by atoms with Gasteiger partial charge in [-0.3, -0.25) is 0 Å². The summed E-state index contributed by atoms with van der Waals surface area (Å²) >= 11 is 6.06. The fraction of sp³-hybridized carbons (Fsp3) is 0.312. The van der Waals surface area contributed by atoms with Gasteiger partial charge in [0.15, 0.2) is 0 Å². The van der Waals surface area contributed by atoms with E-state index in [4.69, 9.17) is 16.0 Å². The Balaban J connectivity index is 2.31. The van der Waals surface area contributed by atoms with Gasteiger partial charge in [-0.2, -0.15) is 0 Å². The van der Waals surface area contributed by atoms with Crippen molar-refractivity contribution in [3.63, 3.8) is 0 Å². The fourth-order valence-corrected chi connectivity index (χ4v) is 2.27. The van der Waals surface area contributed by atoms with Gasteiger partial charge in [0, 0.05) is 5.02 Å². The normalized spacial score (nSPS) is 12.1. The molecule has 0 aliphatic carbocycles. The zero-order valence-electron chi connectivity index (χ0n) is 12.1. The lowest BCUT2D eigenvalue weighted by Gasteiger charge is -2.17. The maximum absolute atomic E-state index is 11.5. The highest BCUT2D eigenvalue weighted by Gasteiger charge is 2.20. The van der Waals surface area contributed by atoms with Crippen LogP contribution in [-0.4, -0.2) is 19.6 Å². The van der Waals surface area contributed by atoms with Crippen molar-refractivity contribution < 1.29 is 13.9 Å². The number of rotatable bonds is 6. The van der Waals surface area contributed by atoms with E-state index >= 15 is 0 Å². The summed E-state index contributed by atoms with van der Waals surface area (Å²) < 4.78 is 10.3. The minimum absolute atomic E-state index is 0.151. The molecule has 1 aromatic heterocycles. The quantitative estimate of drug-likeness (QED) is 0.825. The third-order valence-corrected chi connectivity index (χ3v) is 3.31. The smallest absolute Gasteiger partial charge is 0.373 e. The summed E-state index contributed by atoms with van der Waals surface area (Å²) in [6.45, 7) is 2.91. The number of benzene rings is 1. The summed E-state index contributed by atoms with van der Waals surface area (Å²) in [5, 5.41) is 4.06. The van der Waals surface area contributed by atoms with Crippen LogP contribution >= 0.6 is 11.6 Å². The number of hydrogen-bond acceptors (Lipinski definition) is 4. The number of methoxy groups -OCH3 is 1. The van der Waals surface area contributed by atoms with Crippen LogP contribution in [0, 0.1) is 0 Å². The van der Waals surface area contributed by atoms with Crippen LogP contribution in [0.25, 0.3) is 0 Å². The van der Waals surface area contributed by atoms with E-state index in [1.165, 1.54) is 7.11 Å². The number of carbonyl (C=O) groups excluding carboxylic acids is 1. The maximum atomic E-state index is 11.5. The number of nitrogens with one attached hydrogen (secondary N) is 1. The van der Waals surface area contributed by atoms with E-state index in [0.717, 1.165) is 18.5 Å². The van der Waals surface area contributed by atoms with Crippen molar-refractivity contribution in [3.8, 4) is 0 Å². The topological polar surface area (TPSA) is 51.5 Å². The minimum atomic E-state index is -0.485. The molecule has 0 saturated carbocycles. The molecule has 0 fully saturated rings. The molecule has 21 heavy (non-hydrogen) atoms. The monoisotopic (exact) mass is 307 g/mol. The Labute approximate surface area is 129 Å². The molecule has 1 atom stereocenters. The van der Waals surface area contributed by atoms with E-state index < -0.39 is 5.97 Å². The van der Waals surface area contributed by atoms with Gasteiger partial charge in [-0.1, -0.05) is 30.7 Å². The van der Waals surface area contributed by atoms with Gasteiger partial charge in [0.2, 0.25) is 5.76 Å². The number of ether oxygens (including phenoxy) is 1. The van der Waals surface area contributed by atoms with E-state index in [1.54, 1.807) is 12.1 Å². The molecule has 1 unspecified atom stereocenters. The second kappa shape index (κ2) is 7.29. The lowest BCUT2D eigenvalue weighted by atomic mass is 10.0. The maximum Gasteiger partial charge on any atom is 0.373 e. The van der Waals surface area contributed by atoms with E-state index in [0.29, 0.717) is 10.8 Å². The molecule has 0 amide bonds. The molecule has 1 heterocycles. The third-order valence-electron chi connectivity index (χ3n) is 3.08. The molecule has 2 aromatic rings. The van der Waals surface area contributed by atoms with Gasteiger partial charge >= 0.3 is 5.97 Å². The Bertz CT molecular complexity index is 609. The van der Waals surface area contributed by atoms with Gasteiger partial charge in [-0.15, -0.1) is 0 Å². The Morgan fingerprint density at radius 3 is 2.86 bits per heavy atom. The van der Waals surface area contributed by atoms with E-state index in [2.05, 4.69) is 17.0 Å². The highest BCUT2D eigenvalue weighted by atomic mass is 35.5. The molecule has 1 aromatic carbocycles. The van der Waals surface area contributed by atoms with Crippen molar-refractivity contribution in [3.05, 3.63) is 58.5 Å². The average Bonchev–Trinajstić information content (AvgIpc) is 2.97. The van der Waals surface area contributed by atoms with Crippen molar-refractivity contribution in [2.24, 2.45) is 0 Å². The summed E-state index contributed by atoms with van der Waals surface area (Å²) in [6, 6.07) is 10.8. The lowest BCUT2D eigenvalue weighted by molar-refractivity contribution is 0.0562. The average molecular weight is 308 g/mol. The van der Waals surface area contributed by atoms with E-state index in [9.17, 15) is 4.79 Å². The molecule has 0 bridgehead atoms. The summed E-state index contributed by atoms with van der Waals surface area (Å²) in [5.74, 6) is 0.366. The van der Waals surface area contributed by atoms with Gasteiger partial charge in [0.25, 0.3) is 0 Å². The van der Waals surface area contributed by atoms with E-state index in [1.807, 2.05) is 24.3 Å². The van der Waals surface area contributed by atoms with Crippen molar-refractivity contribution in [2.45, 2.75) is 19.4 Å². The fourth-order valence-electron chi connectivity index (χ4n) is 2.08. The van der Waals surface area contributed by atoms with Crippen LogP contribution in [0.1, 0.15) is 41.3 Å². The Hall–Kier alpha value is -1.78. The Morgan fingerprint density at radius 1 is 1.38 bits per heavy atom. The lowest BCUT2D eigenvalue weighted by Crippen LogP contribution is -2.22. The largest absolute Gasteiger partial charge is 0.463 e. The molecule has 0 radical (unpaired) electrons. The second-order valence-electron chi connectivity index (χ2n) is 4.64. The summed E-state index contributed by atoms with van der Waals surface area (Å²) in [4.78, 5) is 11.5. The molecule has 4 nitrogen and oxygen atoms in total. The van der Waals surface area contributed by atoms with Crippen LogP contribution in [0.2, 0.25) is 5.02 Å². The number of hydrogen-bond donors (Lipinski definition) is 1. The second-order valence-corrected chi connectivity index (χ2v) is 5.07. The Morgan fingerprint density at radius 2 is 2.19 bits per heavy atom. The van der Waals surface area contributed by atoms with Crippen LogP contribution in [0.4, 0.5) is 0 Å². The summed E-state index contributed by atoms with van der Waals surface area (Å²) in [7, 11) is 1.33. The van der Waals surface area contributed by atoms with E-state index in [-0.39, 0.29) is 11.8 Å². The van der Waals surface area contributed by atoms with Gasteiger partial charge < -0.3 is 14.5 Å². The first-order valence-corrected chi connectivity index (χ1v) is 7.20. The number of esters is 1. The zero-order valence-corrected chi connectivity index (χ0v) is 12.8.